The molecule has 4 nitrogen and oxygen atoms in total. The summed E-state index contributed by atoms with van der Waals surface area (Å²) in [5.74, 6) is -0.169. The van der Waals surface area contributed by atoms with Crippen molar-refractivity contribution in [2.24, 2.45) is 5.41 Å². The van der Waals surface area contributed by atoms with Gasteiger partial charge in [0.25, 0.3) is 10.1 Å². The van der Waals surface area contributed by atoms with E-state index in [2.05, 4.69) is 0 Å². The number of carbonyl (C=O) groups excluding carboxylic acids is 1. The van der Waals surface area contributed by atoms with E-state index >= 15 is 0 Å². The van der Waals surface area contributed by atoms with Gasteiger partial charge in [-0.2, -0.15) is 8.42 Å². The van der Waals surface area contributed by atoms with Crippen LogP contribution < -0.4 is 0 Å². The van der Waals surface area contributed by atoms with Crippen LogP contribution in [0.4, 0.5) is 0 Å². The number of benzene rings is 1. The quantitative estimate of drug-likeness (QED) is 0.500. The van der Waals surface area contributed by atoms with Crippen molar-refractivity contribution in [1.82, 2.24) is 0 Å². The molecule has 0 aromatic heterocycles. The molecule has 17 heavy (non-hydrogen) atoms. The van der Waals surface area contributed by atoms with E-state index in [-0.39, 0.29) is 45.8 Å². The van der Waals surface area contributed by atoms with Crippen molar-refractivity contribution >= 4 is 45.5 Å². The molecule has 6 heteroatoms. The molecule has 0 saturated carbocycles. The van der Waals surface area contributed by atoms with Crippen molar-refractivity contribution in [3.63, 3.8) is 0 Å². The predicted molar refractivity (Wildman–Crippen MR) is 67.2 cm³/mol. The second-order valence-corrected chi connectivity index (χ2v) is 6.00. The summed E-state index contributed by atoms with van der Waals surface area (Å²) in [6, 6.07) is 5.39. The van der Waals surface area contributed by atoms with Gasteiger partial charge in [0, 0.05) is 11.0 Å². The standard InChI is InChI=1S/C11H14O4S.Na.H/c1-11(2,3)10(12)8-5-4-6-9(7-8)16(13,14)15;;/h4-7H,1-3H3,(H,13,14,15);;. The van der Waals surface area contributed by atoms with E-state index in [1.54, 1.807) is 20.8 Å². The molecule has 0 spiro atoms. The van der Waals surface area contributed by atoms with Crippen molar-refractivity contribution in [3.05, 3.63) is 29.8 Å². The molecular formula is C11H15NaO4S. The first-order valence-corrected chi connectivity index (χ1v) is 6.19. The average Bonchev–Trinajstić information content (AvgIpc) is 2.14. The Balaban J connectivity index is 0.00000256. The molecule has 1 rings (SSSR count). The van der Waals surface area contributed by atoms with Crippen molar-refractivity contribution in [2.75, 3.05) is 0 Å². The maximum atomic E-state index is 11.9. The van der Waals surface area contributed by atoms with Gasteiger partial charge in [-0.15, -0.1) is 0 Å². The summed E-state index contributed by atoms with van der Waals surface area (Å²) in [5.41, 5.74) is -0.305. The maximum absolute atomic E-state index is 11.9. The summed E-state index contributed by atoms with van der Waals surface area (Å²) in [7, 11) is -4.26. The van der Waals surface area contributed by atoms with Gasteiger partial charge in [0.05, 0.1) is 4.90 Å². The molecule has 0 atom stereocenters. The van der Waals surface area contributed by atoms with Gasteiger partial charge in [-0.05, 0) is 12.1 Å². The van der Waals surface area contributed by atoms with Gasteiger partial charge in [0.1, 0.15) is 0 Å². The van der Waals surface area contributed by atoms with Crippen LogP contribution in [0.1, 0.15) is 31.1 Å². The van der Waals surface area contributed by atoms with E-state index in [1.165, 1.54) is 24.3 Å². The first-order valence-electron chi connectivity index (χ1n) is 4.75. The average molecular weight is 266 g/mol. The third-order valence-corrected chi connectivity index (χ3v) is 2.92. The number of carbonyl (C=O) groups is 1. The van der Waals surface area contributed by atoms with Crippen LogP contribution in [0.2, 0.25) is 0 Å². The van der Waals surface area contributed by atoms with Crippen molar-refractivity contribution < 1.29 is 17.8 Å². The summed E-state index contributed by atoms with van der Waals surface area (Å²) in [6.45, 7) is 5.24. The van der Waals surface area contributed by atoms with E-state index in [9.17, 15) is 13.2 Å². The van der Waals surface area contributed by atoms with Gasteiger partial charge < -0.3 is 0 Å². The third kappa shape index (κ3) is 4.52. The number of hydrogen-bond donors (Lipinski definition) is 1. The normalized spacial score (nSPS) is 11.8. The summed E-state index contributed by atoms with van der Waals surface area (Å²) >= 11 is 0. The minimum atomic E-state index is -4.26. The molecule has 1 aromatic carbocycles. The fraction of sp³-hybridized carbons (Fsp3) is 0.364. The number of ketones is 1. The Kier molecular flexibility index (Phi) is 5.56. The fourth-order valence-electron chi connectivity index (χ4n) is 1.23. The molecule has 0 aliphatic rings. The van der Waals surface area contributed by atoms with Gasteiger partial charge in [0.15, 0.2) is 5.78 Å². The fourth-order valence-corrected chi connectivity index (χ4v) is 1.76. The zero-order valence-electron chi connectivity index (χ0n) is 9.39. The first-order chi connectivity index (χ1) is 7.12. The Hall–Kier alpha value is -0.200. The Labute approximate surface area is 123 Å². The number of rotatable bonds is 2. The Bertz CT molecular complexity index is 515. The number of hydrogen-bond acceptors (Lipinski definition) is 3. The zero-order valence-corrected chi connectivity index (χ0v) is 10.2. The Morgan fingerprint density at radius 1 is 1.24 bits per heavy atom. The van der Waals surface area contributed by atoms with Crippen LogP contribution in [0.3, 0.4) is 0 Å². The molecule has 1 N–H and O–H groups in total. The van der Waals surface area contributed by atoms with Crippen molar-refractivity contribution in [3.8, 4) is 0 Å². The molecule has 90 valence electrons. The van der Waals surface area contributed by atoms with Gasteiger partial charge >= 0.3 is 29.6 Å². The zero-order chi connectivity index (χ0) is 12.6. The monoisotopic (exact) mass is 266 g/mol. The molecule has 0 bridgehead atoms. The molecule has 1 aromatic rings. The minimum absolute atomic E-state index is 0. The van der Waals surface area contributed by atoms with Crippen LogP contribution in [-0.2, 0) is 10.1 Å². The summed E-state index contributed by atoms with van der Waals surface area (Å²) in [4.78, 5) is 11.6. The van der Waals surface area contributed by atoms with E-state index in [1.807, 2.05) is 0 Å². The van der Waals surface area contributed by atoms with Gasteiger partial charge in [0.2, 0.25) is 0 Å². The molecule has 0 aliphatic heterocycles. The number of Topliss-reactive ketones (excluding diaryl/α,β-unsaturated/α-hetero) is 1. The molecule has 0 heterocycles. The van der Waals surface area contributed by atoms with Crippen LogP contribution in [0, 0.1) is 5.41 Å². The third-order valence-electron chi connectivity index (χ3n) is 2.08. The van der Waals surface area contributed by atoms with E-state index in [4.69, 9.17) is 4.55 Å². The molecule has 0 saturated heterocycles. The van der Waals surface area contributed by atoms with Gasteiger partial charge in [-0.3, -0.25) is 9.35 Å². The molecule has 0 radical (unpaired) electrons. The molecular weight excluding hydrogens is 251 g/mol. The molecule has 0 fully saturated rings. The van der Waals surface area contributed by atoms with E-state index in [0.29, 0.717) is 0 Å². The van der Waals surface area contributed by atoms with Gasteiger partial charge in [-0.25, -0.2) is 0 Å². The van der Waals surface area contributed by atoms with Gasteiger partial charge in [-0.1, -0.05) is 32.9 Å². The topological polar surface area (TPSA) is 71.4 Å². The first kappa shape index (κ1) is 16.8. The second-order valence-electron chi connectivity index (χ2n) is 4.58. The van der Waals surface area contributed by atoms with E-state index in [0.717, 1.165) is 0 Å². The molecule has 0 unspecified atom stereocenters. The summed E-state index contributed by atoms with van der Waals surface area (Å²) in [6.07, 6.45) is 0. The van der Waals surface area contributed by atoms with E-state index < -0.39 is 15.5 Å². The Morgan fingerprint density at radius 2 is 1.76 bits per heavy atom. The van der Waals surface area contributed by atoms with Crippen LogP contribution in [0.5, 0.6) is 0 Å². The summed E-state index contributed by atoms with van der Waals surface area (Å²) in [5, 5.41) is 0. The van der Waals surface area contributed by atoms with Crippen LogP contribution in [0.15, 0.2) is 29.2 Å². The molecule has 0 amide bonds. The summed E-state index contributed by atoms with van der Waals surface area (Å²) < 4.78 is 30.7. The van der Waals surface area contributed by atoms with Crippen molar-refractivity contribution in [1.29, 1.82) is 0 Å². The van der Waals surface area contributed by atoms with Crippen LogP contribution in [-0.4, -0.2) is 48.3 Å². The van der Waals surface area contributed by atoms with Crippen LogP contribution in [0.25, 0.3) is 0 Å². The van der Waals surface area contributed by atoms with Crippen molar-refractivity contribution in [2.45, 2.75) is 25.7 Å². The molecule has 0 aliphatic carbocycles. The SMILES string of the molecule is CC(C)(C)C(=O)c1cccc(S(=O)(=O)O)c1.[NaH]. The predicted octanol–water partition coefficient (Wildman–Crippen LogP) is 1.51. The Morgan fingerprint density at radius 3 is 2.18 bits per heavy atom. The van der Waals surface area contributed by atoms with Crippen LogP contribution >= 0.6 is 0 Å². The second kappa shape index (κ2) is 5.63.